The Balaban J connectivity index is 1.94. The summed E-state index contributed by atoms with van der Waals surface area (Å²) in [4.78, 5) is 34.9. The summed E-state index contributed by atoms with van der Waals surface area (Å²) in [5, 5.41) is 2.84. The molecule has 0 aliphatic rings. The molecule has 0 radical (unpaired) electrons. The first kappa shape index (κ1) is 30.8. The van der Waals surface area contributed by atoms with Gasteiger partial charge in [0.15, 0.2) is 0 Å². The second-order valence-corrected chi connectivity index (χ2v) is 9.50. The predicted molar refractivity (Wildman–Crippen MR) is 143 cm³/mol. The van der Waals surface area contributed by atoms with Gasteiger partial charge in [0.2, 0.25) is 5.91 Å². The zero-order valence-corrected chi connectivity index (χ0v) is 22.0. The summed E-state index contributed by atoms with van der Waals surface area (Å²) in [5.41, 5.74) is 5.97. The second-order valence-electron chi connectivity index (χ2n) is 9.50. The molecule has 1 aromatic carbocycles. The first-order valence-corrected chi connectivity index (χ1v) is 13.9. The number of amides is 1. The maximum atomic E-state index is 12.1. The Morgan fingerprint density at radius 2 is 1.11 bits per heavy atom. The first-order valence-electron chi connectivity index (χ1n) is 13.9. The number of unbranched alkanes of at least 4 members (excludes halogenated alkanes) is 16. The molecule has 1 amide bonds. The van der Waals surface area contributed by atoms with Gasteiger partial charge in [0.25, 0.3) is 0 Å². The van der Waals surface area contributed by atoms with Gasteiger partial charge >= 0.3 is 11.9 Å². The molecule has 6 heteroatoms. The molecular formula is C29H48N2O4. The largest absolute Gasteiger partial charge is 0.388 e. The number of ether oxygens (including phenoxy) is 1. The molecule has 0 aliphatic heterocycles. The summed E-state index contributed by atoms with van der Waals surface area (Å²) in [6.07, 6.45) is 22.9. The lowest BCUT2D eigenvalue weighted by Gasteiger charge is -2.07. The Bertz CT molecular complexity index is 703. The highest BCUT2D eigenvalue weighted by atomic mass is 16.6. The van der Waals surface area contributed by atoms with E-state index in [-0.39, 0.29) is 18.0 Å². The topological polar surface area (TPSA) is 98.5 Å². The number of nitrogens with two attached hydrogens (primary N) is 1. The number of hydrogen-bond acceptors (Lipinski definition) is 5. The van der Waals surface area contributed by atoms with E-state index in [1.165, 1.54) is 108 Å². The van der Waals surface area contributed by atoms with Gasteiger partial charge in [-0.1, -0.05) is 110 Å². The third-order valence-corrected chi connectivity index (χ3v) is 6.28. The van der Waals surface area contributed by atoms with E-state index in [4.69, 9.17) is 5.73 Å². The van der Waals surface area contributed by atoms with Crippen molar-refractivity contribution in [3.05, 3.63) is 29.8 Å². The highest BCUT2D eigenvalue weighted by molar-refractivity contribution is 5.98. The number of carbonyl (C=O) groups excluding carboxylic acids is 3. The average molecular weight is 489 g/mol. The molecule has 6 nitrogen and oxygen atoms in total. The van der Waals surface area contributed by atoms with Crippen LogP contribution in [-0.4, -0.2) is 24.4 Å². The van der Waals surface area contributed by atoms with Crippen LogP contribution in [0.3, 0.4) is 0 Å². The fourth-order valence-electron chi connectivity index (χ4n) is 4.13. The Kier molecular flexibility index (Phi) is 18.6. The van der Waals surface area contributed by atoms with Gasteiger partial charge in [-0.15, -0.1) is 0 Å². The van der Waals surface area contributed by atoms with Crippen molar-refractivity contribution in [3.8, 4) is 0 Å². The normalized spacial score (nSPS) is 10.8. The summed E-state index contributed by atoms with van der Waals surface area (Å²) in [6.45, 7) is 1.92. The van der Waals surface area contributed by atoms with Gasteiger partial charge < -0.3 is 15.8 Å². The van der Waals surface area contributed by atoms with Crippen molar-refractivity contribution in [2.45, 2.75) is 122 Å². The molecule has 0 heterocycles. The van der Waals surface area contributed by atoms with E-state index in [0.717, 1.165) is 12.8 Å². The van der Waals surface area contributed by atoms with Crippen LogP contribution in [0.25, 0.3) is 0 Å². The van der Waals surface area contributed by atoms with Gasteiger partial charge in [-0.3, -0.25) is 9.59 Å². The quantitative estimate of drug-likeness (QED) is 0.107. The third kappa shape index (κ3) is 17.0. The molecule has 0 spiro atoms. The van der Waals surface area contributed by atoms with Crippen molar-refractivity contribution in [1.82, 2.24) is 0 Å². The van der Waals surface area contributed by atoms with E-state index < -0.39 is 11.9 Å². The van der Waals surface area contributed by atoms with Gasteiger partial charge in [-0.05, 0) is 30.7 Å². The van der Waals surface area contributed by atoms with Crippen LogP contribution in [0.1, 0.15) is 133 Å². The van der Waals surface area contributed by atoms with E-state index in [2.05, 4.69) is 17.0 Å². The Hall–Kier alpha value is -2.21. The lowest BCUT2D eigenvalue weighted by atomic mass is 10.0. The minimum absolute atomic E-state index is 0.0282. The minimum Gasteiger partial charge on any atom is -0.388 e. The predicted octanol–water partition coefficient (Wildman–Crippen LogP) is 7.31. The highest BCUT2D eigenvalue weighted by Crippen LogP contribution is 2.15. The van der Waals surface area contributed by atoms with Crippen LogP contribution in [-0.2, 0) is 14.3 Å². The van der Waals surface area contributed by atoms with Gasteiger partial charge in [-0.25, -0.2) is 4.79 Å². The maximum absolute atomic E-state index is 12.1. The number of esters is 2. The SMILES string of the molecule is CCCCCCCCCCCCCCCCCCCC(=O)Nc1ccc(C(=O)OC(=O)CN)cc1. The molecule has 1 aromatic rings. The molecule has 35 heavy (non-hydrogen) atoms. The summed E-state index contributed by atoms with van der Waals surface area (Å²) < 4.78 is 4.56. The first-order chi connectivity index (χ1) is 17.1. The highest BCUT2D eigenvalue weighted by Gasteiger charge is 2.11. The molecule has 198 valence electrons. The van der Waals surface area contributed by atoms with Crippen molar-refractivity contribution in [2.75, 3.05) is 11.9 Å². The van der Waals surface area contributed by atoms with Crippen LogP contribution in [0, 0.1) is 0 Å². The van der Waals surface area contributed by atoms with Gasteiger partial charge in [0.1, 0.15) is 0 Å². The van der Waals surface area contributed by atoms with Crippen LogP contribution in [0.15, 0.2) is 24.3 Å². The molecule has 0 unspecified atom stereocenters. The van der Waals surface area contributed by atoms with Crippen molar-refractivity contribution in [2.24, 2.45) is 5.73 Å². The zero-order valence-electron chi connectivity index (χ0n) is 22.0. The Morgan fingerprint density at radius 3 is 1.54 bits per heavy atom. The molecule has 0 atom stereocenters. The van der Waals surface area contributed by atoms with E-state index in [1.807, 2.05) is 0 Å². The van der Waals surface area contributed by atoms with E-state index in [9.17, 15) is 14.4 Å². The van der Waals surface area contributed by atoms with Gasteiger partial charge in [0, 0.05) is 12.1 Å². The number of hydrogen-bond donors (Lipinski definition) is 2. The van der Waals surface area contributed by atoms with E-state index >= 15 is 0 Å². The molecule has 1 rings (SSSR count). The van der Waals surface area contributed by atoms with Crippen molar-refractivity contribution in [3.63, 3.8) is 0 Å². The minimum atomic E-state index is -0.776. The lowest BCUT2D eigenvalue weighted by molar-refractivity contribution is -0.136. The smallest absolute Gasteiger partial charge is 0.345 e. The standard InChI is InChI=1S/C29H48N2O4/c1-2-3-4-5-6-7-8-9-10-11-12-13-14-15-16-17-18-19-27(32)31-26-22-20-25(21-23-26)29(34)35-28(33)24-30/h20-23H,2-19,24,30H2,1H3,(H,31,32). The number of carbonyl (C=O) groups is 3. The van der Waals surface area contributed by atoms with Gasteiger partial charge in [0.05, 0.1) is 12.1 Å². The molecular weight excluding hydrogens is 440 g/mol. The molecule has 0 bridgehead atoms. The van der Waals surface area contributed by atoms with Crippen molar-refractivity contribution in [1.29, 1.82) is 0 Å². The number of anilines is 1. The average Bonchev–Trinajstić information content (AvgIpc) is 2.86. The van der Waals surface area contributed by atoms with Gasteiger partial charge in [-0.2, -0.15) is 0 Å². The fraction of sp³-hybridized carbons (Fsp3) is 0.690. The molecule has 0 aliphatic carbocycles. The van der Waals surface area contributed by atoms with Crippen molar-refractivity contribution < 1.29 is 19.1 Å². The second kappa shape index (κ2) is 21.1. The maximum Gasteiger partial charge on any atom is 0.345 e. The Morgan fingerprint density at radius 1 is 0.686 bits per heavy atom. The zero-order chi connectivity index (χ0) is 25.6. The van der Waals surface area contributed by atoms with Crippen LogP contribution in [0.2, 0.25) is 0 Å². The van der Waals surface area contributed by atoms with Crippen LogP contribution in [0.4, 0.5) is 5.69 Å². The number of rotatable bonds is 21. The lowest BCUT2D eigenvalue weighted by Crippen LogP contribution is -2.20. The summed E-state index contributed by atoms with van der Waals surface area (Å²) in [7, 11) is 0. The van der Waals surface area contributed by atoms with Crippen LogP contribution in [0.5, 0.6) is 0 Å². The molecule has 0 fully saturated rings. The summed E-state index contributed by atoms with van der Waals surface area (Å²) in [5.74, 6) is -1.55. The van der Waals surface area contributed by atoms with E-state index in [1.54, 1.807) is 12.1 Å². The molecule has 0 aromatic heterocycles. The van der Waals surface area contributed by atoms with Crippen LogP contribution < -0.4 is 11.1 Å². The third-order valence-electron chi connectivity index (χ3n) is 6.28. The molecule has 0 saturated heterocycles. The molecule has 0 saturated carbocycles. The monoisotopic (exact) mass is 488 g/mol. The van der Waals surface area contributed by atoms with Crippen LogP contribution >= 0.6 is 0 Å². The number of nitrogens with one attached hydrogen (secondary N) is 1. The number of benzene rings is 1. The molecule has 3 N–H and O–H groups in total. The fourth-order valence-corrected chi connectivity index (χ4v) is 4.13. The Labute approximate surface area is 212 Å². The summed E-state index contributed by atoms with van der Waals surface area (Å²) in [6, 6.07) is 6.26. The van der Waals surface area contributed by atoms with Crippen molar-refractivity contribution >= 4 is 23.5 Å². The van der Waals surface area contributed by atoms with E-state index in [0.29, 0.717) is 12.1 Å². The summed E-state index contributed by atoms with van der Waals surface area (Å²) >= 11 is 0.